The van der Waals surface area contributed by atoms with E-state index in [4.69, 9.17) is 4.74 Å². The average Bonchev–Trinajstić information content (AvgIpc) is 2.55. The lowest BCUT2D eigenvalue weighted by atomic mass is 10.1. The van der Waals surface area contributed by atoms with Crippen LogP contribution in [0.25, 0.3) is 0 Å². The van der Waals surface area contributed by atoms with Gasteiger partial charge in [-0.1, -0.05) is 22.0 Å². The van der Waals surface area contributed by atoms with Crippen LogP contribution in [0.15, 0.2) is 46.9 Å². The fourth-order valence-corrected chi connectivity index (χ4v) is 3.74. The Morgan fingerprint density at radius 1 is 1.24 bits per heavy atom. The molecule has 2 aromatic rings. The van der Waals surface area contributed by atoms with Gasteiger partial charge < -0.3 is 10.1 Å². The van der Waals surface area contributed by atoms with Crippen LogP contribution in [0, 0.1) is 6.92 Å². The molecule has 0 fully saturated rings. The molecule has 2 aromatic carbocycles. The molecule has 0 bridgehead atoms. The number of halogens is 1. The van der Waals surface area contributed by atoms with Crippen molar-refractivity contribution in [3.63, 3.8) is 0 Å². The number of carbonyl (C=O) groups is 1. The summed E-state index contributed by atoms with van der Waals surface area (Å²) in [5, 5.41) is 2.75. The number of hydrogen-bond acceptors (Lipinski definition) is 4. The molecule has 0 aromatic heterocycles. The molecule has 1 aliphatic heterocycles. The second-order valence-electron chi connectivity index (χ2n) is 5.87. The molecule has 0 radical (unpaired) electrons. The fourth-order valence-electron chi connectivity index (χ4n) is 2.57. The number of nitrogens with zero attached hydrogens (tertiary/aromatic N) is 1. The average molecular weight is 425 g/mol. The van der Waals surface area contributed by atoms with Crippen LogP contribution < -0.4 is 14.4 Å². The number of aryl methyl sites for hydroxylation is 1. The summed E-state index contributed by atoms with van der Waals surface area (Å²) in [5.41, 5.74) is 1.97. The number of nitrogens with one attached hydrogen (secondary N) is 1. The summed E-state index contributed by atoms with van der Waals surface area (Å²) in [6, 6.07) is 12.3. The van der Waals surface area contributed by atoms with Gasteiger partial charge in [-0.3, -0.25) is 9.10 Å². The minimum Gasteiger partial charge on any atom is -0.476 e. The molecule has 0 aliphatic carbocycles. The maximum atomic E-state index is 12.5. The van der Waals surface area contributed by atoms with Gasteiger partial charge in [-0.05, 0) is 48.9 Å². The van der Waals surface area contributed by atoms with Crippen molar-refractivity contribution in [3.8, 4) is 5.75 Å². The van der Waals surface area contributed by atoms with Gasteiger partial charge in [0, 0.05) is 10.2 Å². The molecule has 1 atom stereocenters. The van der Waals surface area contributed by atoms with Crippen molar-refractivity contribution in [2.24, 2.45) is 0 Å². The second kappa shape index (κ2) is 6.68. The van der Waals surface area contributed by atoms with Gasteiger partial charge in [-0.15, -0.1) is 0 Å². The highest BCUT2D eigenvalue weighted by Gasteiger charge is 2.35. The number of ether oxygens (including phenoxy) is 1. The zero-order valence-corrected chi connectivity index (χ0v) is 16.1. The first-order valence-electron chi connectivity index (χ1n) is 7.55. The molecule has 8 heteroatoms. The molecule has 25 heavy (non-hydrogen) atoms. The Balaban J connectivity index is 1.87. The normalized spacial score (nSPS) is 16.8. The molecule has 0 saturated heterocycles. The lowest BCUT2D eigenvalue weighted by Crippen LogP contribution is -2.48. The Morgan fingerprint density at radius 3 is 2.56 bits per heavy atom. The topological polar surface area (TPSA) is 75.7 Å². The van der Waals surface area contributed by atoms with E-state index in [9.17, 15) is 13.2 Å². The Morgan fingerprint density at radius 2 is 1.92 bits per heavy atom. The van der Waals surface area contributed by atoms with Crippen molar-refractivity contribution < 1.29 is 17.9 Å². The van der Waals surface area contributed by atoms with Gasteiger partial charge in [-0.25, -0.2) is 8.42 Å². The van der Waals surface area contributed by atoms with Crippen LogP contribution in [-0.2, 0) is 14.8 Å². The second-order valence-corrected chi connectivity index (χ2v) is 8.69. The van der Waals surface area contributed by atoms with Gasteiger partial charge in [0.05, 0.1) is 18.5 Å². The van der Waals surface area contributed by atoms with Gasteiger partial charge in [0.2, 0.25) is 10.0 Å². The van der Waals surface area contributed by atoms with Crippen LogP contribution in [0.5, 0.6) is 5.75 Å². The number of sulfonamides is 1. The smallest absolute Gasteiger partial charge is 0.267 e. The number of fused-ring (bicyclic) bond motifs is 1. The first-order chi connectivity index (χ1) is 11.7. The van der Waals surface area contributed by atoms with E-state index in [1.165, 1.54) is 4.31 Å². The third-order valence-electron chi connectivity index (χ3n) is 3.79. The summed E-state index contributed by atoms with van der Waals surface area (Å²) >= 11 is 3.33. The summed E-state index contributed by atoms with van der Waals surface area (Å²) < 4.78 is 32.2. The van der Waals surface area contributed by atoms with Crippen LogP contribution in [0.3, 0.4) is 0 Å². The third-order valence-corrected chi connectivity index (χ3v) is 5.46. The summed E-state index contributed by atoms with van der Waals surface area (Å²) in [5.74, 6) is -0.0274. The van der Waals surface area contributed by atoms with Gasteiger partial charge in [0.1, 0.15) is 5.75 Å². The minimum atomic E-state index is -3.53. The predicted octanol–water partition coefficient (Wildman–Crippen LogP) is 2.92. The highest BCUT2D eigenvalue weighted by molar-refractivity contribution is 9.10. The Bertz CT molecular complexity index is 913. The van der Waals surface area contributed by atoms with Gasteiger partial charge in [0.15, 0.2) is 6.10 Å². The number of benzene rings is 2. The van der Waals surface area contributed by atoms with Crippen LogP contribution in [0.1, 0.15) is 5.56 Å². The zero-order valence-electron chi connectivity index (χ0n) is 13.7. The minimum absolute atomic E-state index is 0.0718. The zero-order chi connectivity index (χ0) is 18.2. The third kappa shape index (κ3) is 3.96. The first kappa shape index (κ1) is 17.8. The summed E-state index contributed by atoms with van der Waals surface area (Å²) in [6.07, 6.45) is 0.183. The standard InChI is InChI=1S/C17H17BrN2O4S/c1-11-3-8-15-14(9-11)20(25(2,22)23)10-16(24-15)17(21)19-13-6-4-12(18)5-7-13/h3-9,16H,10H2,1-2H3,(H,19,21). The molecular formula is C17H17BrN2O4S. The van der Waals surface area contributed by atoms with Gasteiger partial charge >= 0.3 is 0 Å². The number of rotatable bonds is 3. The summed E-state index contributed by atoms with van der Waals surface area (Å²) in [4.78, 5) is 12.5. The maximum absolute atomic E-state index is 12.5. The quantitative estimate of drug-likeness (QED) is 0.821. The van der Waals surface area contributed by atoms with Crippen molar-refractivity contribution in [2.45, 2.75) is 13.0 Å². The Hall–Kier alpha value is -2.06. The molecule has 1 heterocycles. The first-order valence-corrected chi connectivity index (χ1v) is 10.2. The highest BCUT2D eigenvalue weighted by Crippen LogP contribution is 2.36. The monoisotopic (exact) mass is 424 g/mol. The molecule has 0 spiro atoms. The van der Waals surface area contributed by atoms with Crippen LogP contribution in [-0.4, -0.2) is 33.2 Å². The fraction of sp³-hybridized carbons (Fsp3) is 0.235. The van der Waals surface area contributed by atoms with E-state index in [1.807, 2.05) is 13.0 Å². The Labute approximate surface area is 155 Å². The van der Waals surface area contributed by atoms with Crippen molar-refractivity contribution in [1.82, 2.24) is 0 Å². The maximum Gasteiger partial charge on any atom is 0.267 e. The number of anilines is 2. The molecule has 1 aliphatic rings. The highest BCUT2D eigenvalue weighted by atomic mass is 79.9. The largest absolute Gasteiger partial charge is 0.476 e. The van der Waals surface area contributed by atoms with Crippen molar-refractivity contribution in [1.29, 1.82) is 0 Å². The molecule has 132 valence electrons. The van der Waals surface area contributed by atoms with Crippen molar-refractivity contribution in [2.75, 3.05) is 22.4 Å². The van der Waals surface area contributed by atoms with E-state index in [1.54, 1.807) is 36.4 Å². The van der Waals surface area contributed by atoms with E-state index in [-0.39, 0.29) is 6.54 Å². The van der Waals surface area contributed by atoms with Crippen LogP contribution in [0.4, 0.5) is 11.4 Å². The SMILES string of the molecule is Cc1ccc2c(c1)N(S(C)(=O)=O)CC(C(=O)Nc1ccc(Br)cc1)O2. The van der Waals surface area contributed by atoms with Crippen LogP contribution in [0.2, 0.25) is 0 Å². The summed E-state index contributed by atoms with van der Waals surface area (Å²) in [6.45, 7) is 1.80. The van der Waals surface area contributed by atoms with E-state index < -0.39 is 22.0 Å². The lowest BCUT2D eigenvalue weighted by molar-refractivity contribution is -0.122. The van der Waals surface area contributed by atoms with Crippen LogP contribution >= 0.6 is 15.9 Å². The van der Waals surface area contributed by atoms with E-state index in [0.29, 0.717) is 17.1 Å². The number of amides is 1. The molecule has 0 saturated carbocycles. The molecule has 1 amide bonds. The van der Waals surface area contributed by atoms with Gasteiger partial charge in [0.25, 0.3) is 5.91 Å². The van der Waals surface area contributed by atoms with Crippen molar-refractivity contribution in [3.05, 3.63) is 52.5 Å². The number of carbonyl (C=O) groups excluding carboxylic acids is 1. The van der Waals surface area contributed by atoms with E-state index in [2.05, 4.69) is 21.2 Å². The predicted molar refractivity (Wildman–Crippen MR) is 101 cm³/mol. The van der Waals surface area contributed by atoms with Gasteiger partial charge in [-0.2, -0.15) is 0 Å². The summed E-state index contributed by atoms with van der Waals surface area (Å²) in [7, 11) is -3.53. The van der Waals surface area contributed by atoms with E-state index in [0.717, 1.165) is 16.3 Å². The Kier molecular flexibility index (Phi) is 4.75. The lowest BCUT2D eigenvalue weighted by Gasteiger charge is -2.34. The molecule has 1 N–H and O–H groups in total. The van der Waals surface area contributed by atoms with E-state index >= 15 is 0 Å². The molecule has 3 rings (SSSR count). The van der Waals surface area contributed by atoms with Crippen molar-refractivity contribution >= 4 is 43.2 Å². The number of hydrogen-bond donors (Lipinski definition) is 1. The molecular weight excluding hydrogens is 408 g/mol. The molecule has 1 unspecified atom stereocenters. The molecule has 6 nitrogen and oxygen atoms in total.